The van der Waals surface area contributed by atoms with Crippen LogP contribution in [0.2, 0.25) is 0 Å². The third kappa shape index (κ3) is 4.64. The van der Waals surface area contributed by atoms with Crippen LogP contribution in [-0.4, -0.2) is 53.1 Å². The molecular weight excluding hydrogens is 393 g/mol. The molecule has 31 heavy (non-hydrogen) atoms. The van der Waals surface area contributed by atoms with Crippen molar-refractivity contribution >= 4 is 11.5 Å². The lowest BCUT2D eigenvalue weighted by atomic mass is 10.1. The Hall–Kier alpha value is -3.12. The molecule has 6 heteroatoms. The first-order valence-corrected chi connectivity index (χ1v) is 10.6. The molecule has 1 aromatic heterocycles. The summed E-state index contributed by atoms with van der Waals surface area (Å²) in [5.74, 6) is 0.165. The Balaban J connectivity index is 1.39. The molecule has 0 atom stereocenters. The fourth-order valence-corrected chi connectivity index (χ4v) is 4.27. The number of hydrogen-bond acceptors (Lipinski definition) is 4. The number of aryl methyl sites for hydroxylation is 1. The van der Waals surface area contributed by atoms with Crippen molar-refractivity contribution in [2.24, 2.45) is 0 Å². The number of para-hydroxylation sites is 2. The molecule has 0 radical (unpaired) electrons. The van der Waals surface area contributed by atoms with Crippen molar-refractivity contribution < 1.29 is 14.3 Å². The molecule has 0 amide bonds. The van der Waals surface area contributed by atoms with Gasteiger partial charge in [-0.15, -0.1) is 0 Å². The first-order valence-electron chi connectivity index (χ1n) is 10.6. The number of carbonyl (C=O) groups excluding carboxylic acids is 1. The predicted molar refractivity (Wildman–Crippen MR) is 120 cm³/mol. The number of halogens is 1. The zero-order valence-corrected chi connectivity index (χ0v) is 18.0. The first-order chi connectivity index (χ1) is 14.9. The third-order valence-electron chi connectivity index (χ3n) is 6.09. The van der Waals surface area contributed by atoms with Crippen LogP contribution in [0.3, 0.4) is 0 Å². The summed E-state index contributed by atoms with van der Waals surface area (Å²) in [5, 5.41) is 10.1. The number of benzene rings is 2. The summed E-state index contributed by atoms with van der Waals surface area (Å²) in [4.78, 5) is 17.4. The number of hydrogen-bond donors (Lipinski definition) is 1. The highest BCUT2D eigenvalue weighted by atomic mass is 19.1. The molecule has 0 bridgehead atoms. The summed E-state index contributed by atoms with van der Waals surface area (Å²) < 4.78 is 15.3. The number of phenols is 1. The standard InChI is InChI=1S/C25H28FN3O2/c1-18-15-22(19(2)29(18)16-20-7-9-21(26)10-8-20)25(31)17-27-11-13-28(14-12-27)23-5-3-4-6-24(23)30/h3-10,15,30H,11-14,16-17H2,1-2H3. The van der Waals surface area contributed by atoms with Crippen molar-refractivity contribution in [2.45, 2.75) is 20.4 Å². The summed E-state index contributed by atoms with van der Waals surface area (Å²) in [6.07, 6.45) is 0. The molecule has 4 rings (SSSR count). The number of carbonyl (C=O) groups is 1. The lowest BCUT2D eigenvalue weighted by Gasteiger charge is -2.35. The highest BCUT2D eigenvalue weighted by molar-refractivity contribution is 5.99. The van der Waals surface area contributed by atoms with Crippen LogP contribution in [0.25, 0.3) is 0 Å². The van der Waals surface area contributed by atoms with Gasteiger partial charge in [-0.1, -0.05) is 24.3 Å². The number of piperazine rings is 1. The number of anilines is 1. The van der Waals surface area contributed by atoms with Gasteiger partial charge in [0.05, 0.1) is 12.2 Å². The van der Waals surface area contributed by atoms with Gasteiger partial charge in [-0.3, -0.25) is 9.69 Å². The van der Waals surface area contributed by atoms with E-state index in [2.05, 4.69) is 14.4 Å². The minimum Gasteiger partial charge on any atom is -0.506 e. The van der Waals surface area contributed by atoms with Crippen molar-refractivity contribution in [1.82, 2.24) is 9.47 Å². The van der Waals surface area contributed by atoms with Gasteiger partial charge in [-0.2, -0.15) is 0 Å². The smallest absolute Gasteiger partial charge is 0.178 e. The van der Waals surface area contributed by atoms with E-state index in [4.69, 9.17) is 0 Å². The summed E-state index contributed by atoms with van der Waals surface area (Å²) in [6, 6.07) is 15.8. The summed E-state index contributed by atoms with van der Waals surface area (Å²) >= 11 is 0. The van der Waals surface area contributed by atoms with Crippen molar-refractivity contribution in [3.63, 3.8) is 0 Å². The maximum absolute atomic E-state index is 13.2. The van der Waals surface area contributed by atoms with Gasteiger partial charge >= 0.3 is 0 Å². The van der Waals surface area contributed by atoms with Crippen molar-refractivity contribution in [3.8, 4) is 5.75 Å². The predicted octanol–water partition coefficient (Wildman–Crippen LogP) is 4.00. The molecule has 1 saturated heterocycles. The van der Waals surface area contributed by atoms with E-state index in [1.165, 1.54) is 12.1 Å². The summed E-state index contributed by atoms with van der Waals surface area (Å²) in [7, 11) is 0. The average molecular weight is 422 g/mol. The van der Waals surface area contributed by atoms with Crippen molar-refractivity contribution in [1.29, 1.82) is 0 Å². The minimum absolute atomic E-state index is 0.120. The molecule has 2 aromatic carbocycles. The van der Waals surface area contributed by atoms with Gasteiger partial charge in [0, 0.05) is 49.7 Å². The molecule has 0 unspecified atom stereocenters. The van der Waals surface area contributed by atoms with Gasteiger partial charge in [0.25, 0.3) is 0 Å². The summed E-state index contributed by atoms with van der Waals surface area (Å²) in [6.45, 7) is 8.06. The van der Waals surface area contributed by atoms with E-state index in [9.17, 15) is 14.3 Å². The average Bonchev–Trinajstić information content (AvgIpc) is 3.05. The van der Waals surface area contributed by atoms with E-state index in [0.29, 0.717) is 18.8 Å². The van der Waals surface area contributed by atoms with E-state index >= 15 is 0 Å². The Morgan fingerprint density at radius 1 is 1.00 bits per heavy atom. The van der Waals surface area contributed by atoms with E-state index in [0.717, 1.165) is 54.4 Å². The van der Waals surface area contributed by atoms with E-state index in [-0.39, 0.29) is 11.6 Å². The number of phenolic OH excluding ortho intramolecular Hbond substituents is 1. The van der Waals surface area contributed by atoms with Crippen molar-refractivity contribution in [2.75, 3.05) is 37.6 Å². The van der Waals surface area contributed by atoms with Gasteiger partial charge < -0.3 is 14.6 Å². The quantitative estimate of drug-likeness (QED) is 0.611. The van der Waals surface area contributed by atoms with Crippen LogP contribution in [-0.2, 0) is 6.54 Å². The lowest BCUT2D eigenvalue weighted by molar-refractivity contribution is 0.0925. The Morgan fingerprint density at radius 3 is 2.35 bits per heavy atom. The van der Waals surface area contributed by atoms with Crippen LogP contribution in [0.15, 0.2) is 54.6 Å². The molecule has 1 aliphatic rings. The number of ketones is 1. The van der Waals surface area contributed by atoms with Crippen LogP contribution < -0.4 is 4.90 Å². The Kier molecular flexibility index (Phi) is 6.09. The topological polar surface area (TPSA) is 48.7 Å². The second-order valence-corrected chi connectivity index (χ2v) is 8.17. The van der Waals surface area contributed by atoms with E-state index < -0.39 is 0 Å². The van der Waals surface area contributed by atoms with Gasteiger partial charge in [0.1, 0.15) is 11.6 Å². The Bertz CT molecular complexity index is 1070. The lowest BCUT2D eigenvalue weighted by Crippen LogP contribution is -2.48. The number of aromatic hydroxyl groups is 1. The van der Waals surface area contributed by atoms with Gasteiger partial charge in [-0.05, 0) is 49.7 Å². The van der Waals surface area contributed by atoms with Crippen LogP contribution in [0, 0.1) is 19.7 Å². The molecule has 0 saturated carbocycles. The molecule has 1 N–H and O–H groups in total. The maximum atomic E-state index is 13.2. The molecule has 3 aromatic rings. The van der Waals surface area contributed by atoms with Crippen molar-refractivity contribution in [3.05, 3.63) is 82.9 Å². The molecule has 1 aliphatic heterocycles. The van der Waals surface area contributed by atoms with Crippen LogP contribution >= 0.6 is 0 Å². The molecule has 0 spiro atoms. The van der Waals surface area contributed by atoms with E-state index in [1.54, 1.807) is 18.2 Å². The number of rotatable bonds is 6. The Morgan fingerprint density at radius 2 is 1.68 bits per heavy atom. The monoisotopic (exact) mass is 421 g/mol. The first kappa shape index (κ1) is 21.1. The fraction of sp³-hybridized carbons (Fsp3) is 0.320. The minimum atomic E-state index is -0.247. The van der Waals surface area contributed by atoms with Gasteiger partial charge in [0.15, 0.2) is 5.78 Å². The van der Waals surface area contributed by atoms with Gasteiger partial charge in [-0.25, -0.2) is 4.39 Å². The van der Waals surface area contributed by atoms with E-state index in [1.807, 2.05) is 38.1 Å². The SMILES string of the molecule is Cc1cc(C(=O)CN2CCN(c3ccccc3O)CC2)c(C)n1Cc1ccc(F)cc1. The van der Waals surface area contributed by atoms with Crippen LogP contribution in [0.4, 0.5) is 10.1 Å². The number of aromatic nitrogens is 1. The Labute approximate surface area is 182 Å². The molecule has 2 heterocycles. The molecule has 0 aliphatic carbocycles. The fourth-order valence-electron chi connectivity index (χ4n) is 4.27. The largest absolute Gasteiger partial charge is 0.506 e. The third-order valence-corrected chi connectivity index (χ3v) is 6.09. The zero-order chi connectivity index (χ0) is 22.0. The maximum Gasteiger partial charge on any atom is 0.178 e. The summed E-state index contributed by atoms with van der Waals surface area (Å²) in [5.41, 5.74) is 4.57. The second-order valence-electron chi connectivity index (χ2n) is 8.17. The number of Topliss-reactive ketones (excluding diaryl/α,β-unsaturated/α-hetero) is 1. The molecule has 162 valence electrons. The molecule has 1 fully saturated rings. The molecular formula is C25H28FN3O2. The highest BCUT2D eigenvalue weighted by Crippen LogP contribution is 2.27. The van der Waals surface area contributed by atoms with Crippen LogP contribution in [0.1, 0.15) is 27.3 Å². The zero-order valence-electron chi connectivity index (χ0n) is 18.0. The van der Waals surface area contributed by atoms with Gasteiger partial charge in [0.2, 0.25) is 0 Å². The molecule has 5 nitrogen and oxygen atoms in total. The number of nitrogens with zero attached hydrogens (tertiary/aromatic N) is 3. The van der Waals surface area contributed by atoms with Crippen LogP contribution in [0.5, 0.6) is 5.75 Å². The normalized spacial score (nSPS) is 14.7. The highest BCUT2D eigenvalue weighted by Gasteiger charge is 2.23. The second kappa shape index (κ2) is 8.94.